The highest BCUT2D eigenvalue weighted by Crippen LogP contribution is 2.37. The van der Waals surface area contributed by atoms with E-state index in [4.69, 9.17) is 18.8 Å². The van der Waals surface area contributed by atoms with Crippen LogP contribution in [0.2, 0.25) is 0 Å². The SMILES string of the molecule is Cc1c(B2OC(C)(C)C(C)(C)O2)cnnc1N(C(=O)OC(C)(C)C)C(=O)OC(C)(C)C. The molecule has 0 bridgehead atoms. The largest absolute Gasteiger partial charge is 0.496 e. The summed E-state index contributed by atoms with van der Waals surface area (Å²) in [5, 5.41) is 8.05. The fraction of sp³-hybridized carbons (Fsp3) is 0.714. The molecule has 1 aliphatic heterocycles. The van der Waals surface area contributed by atoms with E-state index in [1.54, 1.807) is 48.5 Å². The van der Waals surface area contributed by atoms with Gasteiger partial charge in [-0.25, -0.2) is 9.59 Å². The standard InChI is InChI=1S/C21H34BN3O6/c1-13-14(22-30-20(8,9)21(10,11)31-22)12-23-24-15(13)25(16(26)28-18(2,3)4)17(27)29-19(5,6)7/h12H,1-11H3. The van der Waals surface area contributed by atoms with Crippen molar-refractivity contribution in [1.29, 1.82) is 0 Å². The van der Waals surface area contributed by atoms with Crippen molar-refractivity contribution in [1.82, 2.24) is 10.2 Å². The number of aromatic nitrogens is 2. The van der Waals surface area contributed by atoms with Gasteiger partial charge >= 0.3 is 19.3 Å². The number of anilines is 1. The molecule has 0 saturated carbocycles. The predicted molar refractivity (Wildman–Crippen MR) is 117 cm³/mol. The third kappa shape index (κ3) is 5.74. The van der Waals surface area contributed by atoms with Gasteiger partial charge in [0.1, 0.15) is 11.2 Å². The van der Waals surface area contributed by atoms with Crippen LogP contribution in [0.4, 0.5) is 15.4 Å². The Labute approximate surface area is 184 Å². The van der Waals surface area contributed by atoms with Gasteiger partial charge in [0.15, 0.2) is 5.82 Å². The molecule has 0 unspecified atom stereocenters. The van der Waals surface area contributed by atoms with E-state index < -0.39 is 41.7 Å². The van der Waals surface area contributed by atoms with Gasteiger partial charge in [-0.3, -0.25) is 0 Å². The van der Waals surface area contributed by atoms with Crippen molar-refractivity contribution in [2.24, 2.45) is 0 Å². The maximum absolute atomic E-state index is 13.0. The molecule has 0 aliphatic carbocycles. The van der Waals surface area contributed by atoms with Crippen LogP contribution in [0.25, 0.3) is 0 Å². The Morgan fingerprint density at radius 3 is 1.74 bits per heavy atom. The molecular formula is C21H34BN3O6. The van der Waals surface area contributed by atoms with E-state index in [1.807, 2.05) is 27.7 Å². The molecule has 0 atom stereocenters. The Balaban J connectivity index is 2.51. The first kappa shape index (κ1) is 25.1. The van der Waals surface area contributed by atoms with Crippen molar-refractivity contribution in [2.45, 2.75) is 98.6 Å². The molecular weight excluding hydrogens is 401 g/mol. The fourth-order valence-corrected chi connectivity index (χ4v) is 2.73. The monoisotopic (exact) mass is 435 g/mol. The smallest absolute Gasteiger partial charge is 0.443 e. The third-order valence-corrected chi connectivity index (χ3v) is 4.99. The molecule has 2 amide bonds. The van der Waals surface area contributed by atoms with Crippen LogP contribution >= 0.6 is 0 Å². The average Bonchev–Trinajstić information content (AvgIpc) is 2.73. The Bertz CT molecular complexity index is 814. The molecule has 1 aromatic rings. The van der Waals surface area contributed by atoms with Crippen molar-refractivity contribution < 1.29 is 28.4 Å². The summed E-state index contributed by atoms with van der Waals surface area (Å²) in [6.07, 6.45) is -0.320. The Morgan fingerprint density at radius 2 is 1.35 bits per heavy atom. The van der Waals surface area contributed by atoms with Crippen LogP contribution in [-0.2, 0) is 18.8 Å². The van der Waals surface area contributed by atoms with Crippen molar-refractivity contribution in [3.63, 3.8) is 0 Å². The summed E-state index contributed by atoms with van der Waals surface area (Å²) in [7, 11) is -0.738. The second-order valence-electron chi connectivity index (χ2n) is 10.6. The van der Waals surface area contributed by atoms with Gasteiger partial charge in [0.25, 0.3) is 0 Å². The number of amides is 2. The van der Waals surface area contributed by atoms with Gasteiger partial charge < -0.3 is 18.8 Å². The van der Waals surface area contributed by atoms with E-state index in [1.165, 1.54) is 6.20 Å². The first-order valence-corrected chi connectivity index (χ1v) is 10.3. The van der Waals surface area contributed by atoms with Crippen molar-refractivity contribution >= 4 is 30.6 Å². The van der Waals surface area contributed by atoms with E-state index in [0.29, 0.717) is 11.0 Å². The van der Waals surface area contributed by atoms with Gasteiger partial charge in [-0.1, -0.05) is 0 Å². The lowest BCUT2D eigenvalue weighted by atomic mass is 9.77. The quantitative estimate of drug-likeness (QED) is 0.648. The highest BCUT2D eigenvalue weighted by Gasteiger charge is 2.52. The number of carbonyl (C=O) groups is 2. The summed E-state index contributed by atoms with van der Waals surface area (Å²) in [5.74, 6) is -0.00397. The number of rotatable bonds is 2. The van der Waals surface area contributed by atoms with Gasteiger partial charge in [-0.2, -0.15) is 10.00 Å². The summed E-state index contributed by atoms with van der Waals surface area (Å²) in [6.45, 7) is 19.7. The van der Waals surface area contributed by atoms with Crippen LogP contribution in [0.5, 0.6) is 0 Å². The Kier molecular flexibility index (Phi) is 6.51. The molecule has 0 radical (unpaired) electrons. The number of ether oxygens (including phenoxy) is 2. The molecule has 1 aliphatic rings. The van der Waals surface area contributed by atoms with Gasteiger partial charge in [0.2, 0.25) is 0 Å². The minimum absolute atomic E-state index is 0.00397. The van der Waals surface area contributed by atoms with Crippen molar-refractivity contribution in [2.75, 3.05) is 4.90 Å². The molecule has 172 valence electrons. The van der Waals surface area contributed by atoms with E-state index >= 15 is 0 Å². The molecule has 0 aromatic carbocycles. The number of hydrogen-bond donors (Lipinski definition) is 0. The zero-order valence-corrected chi connectivity index (χ0v) is 20.4. The summed E-state index contributed by atoms with van der Waals surface area (Å²) in [6, 6.07) is 0. The Morgan fingerprint density at radius 1 is 0.935 bits per heavy atom. The minimum Gasteiger partial charge on any atom is -0.443 e. The number of hydrogen-bond acceptors (Lipinski definition) is 8. The molecule has 1 saturated heterocycles. The van der Waals surface area contributed by atoms with E-state index in [2.05, 4.69) is 10.2 Å². The molecule has 10 heteroatoms. The first-order chi connectivity index (χ1) is 13.8. The zero-order valence-electron chi connectivity index (χ0n) is 20.4. The van der Waals surface area contributed by atoms with Gasteiger partial charge in [-0.15, -0.1) is 5.10 Å². The maximum Gasteiger partial charge on any atom is 0.496 e. The summed E-state index contributed by atoms with van der Waals surface area (Å²) >= 11 is 0. The summed E-state index contributed by atoms with van der Waals surface area (Å²) < 4.78 is 23.1. The van der Waals surface area contributed by atoms with E-state index in [9.17, 15) is 9.59 Å². The van der Waals surface area contributed by atoms with Gasteiger partial charge in [0, 0.05) is 11.7 Å². The van der Waals surface area contributed by atoms with Crippen LogP contribution in [-0.4, -0.2) is 51.9 Å². The lowest BCUT2D eigenvalue weighted by Crippen LogP contribution is -2.46. The van der Waals surface area contributed by atoms with Crippen LogP contribution in [0.1, 0.15) is 74.8 Å². The predicted octanol–water partition coefficient (Wildman–Crippen LogP) is 3.76. The molecule has 0 spiro atoms. The van der Waals surface area contributed by atoms with Gasteiger partial charge in [-0.05, 0) is 81.7 Å². The lowest BCUT2D eigenvalue weighted by molar-refractivity contribution is 0.00578. The van der Waals surface area contributed by atoms with Crippen LogP contribution < -0.4 is 10.4 Å². The molecule has 2 rings (SSSR count). The van der Waals surface area contributed by atoms with Crippen LogP contribution in [0.15, 0.2) is 6.20 Å². The highest BCUT2D eigenvalue weighted by molar-refractivity contribution is 6.62. The number of imide groups is 1. The lowest BCUT2D eigenvalue weighted by Gasteiger charge is -2.32. The van der Waals surface area contributed by atoms with Crippen molar-refractivity contribution in [3.05, 3.63) is 11.8 Å². The second kappa shape index (κ2) is 8.05. The van der Waals surface area contributed by atoms with Gasteiger partial charge in [0.05, 0.1) is 11.2 Å². The number of carbonyl (C=O) groups excluding carboxylic acids is 2. The van der Waals surface area contributed by atoms with Crippen molar-refractivity contribution in [3.8, 4) is 0 Å². The van der Waals surface area contributed by atoms with Crippen LogP contribution in [0.3, 0.4) is 0 Å². The van der Waals surface area contributed by atoms with E-state index in [0.717, 1.165) is 4.90 Å². The molecule has 0 N–H and O–H groups in total. The summed E-state index contributed by atoms with van der Waals surface area (Å²) in [4.78, 5) is 26.7. The first-order valence-electron chi connectivity index (χ1n) is 10.3. The minimum atomic E-state index is -0.912. The fourth-order valence-electron chi connectivity index (χ4n) is 2.73. The normalized spacial score (nSPS) is 18.0. The molecule has 31 heavy (non-hydrogen) atoms. The molecule has 2 heterocycles. The topological polar surface area (TPSA) is 100 Å². The van der Waals surface area contributed by atoms with E-state index in [-0.39, 0.29) is 5.82 Å². The molecule has 1 fully saturated rings. The Hall–Kier alpha value is -2.20. The average molecular weight is 435 g/mol. The summed E-state index contributed by atoms with van der Waals surface area (Å²) in [5.41, 5.74) is -1.75. The second-order valence-corrected chi connectivity index (χ2v) is 10.6. The number of nitrogens with zero attached hydrogens (tertiary/aromatic N) is 3. The zero-order chi connectivity index (χ0) is 24.0. The molecule has 9 nitrogen and oxygen atoms in total. The maximum atomic E-state index is 13.0. The molecule has 1 aromatic heterocycles. The highest BCUT2D eigenvalue weighted by atomic mass is 16.7. The van der Waals surface area contributed by atoms with Crippen LogP contribution in [0, 0.1) is 6.92 Å². The third-order valence-electron chi connectivity index (χ3n) is 4.99.